The molecule has 168 valence electrons. The van der Waals surface area contributed by atoms with E-state index in [-0.39, 0.29) is 12.3 Å². The van der Waals surface area contributed by atoms with Crippen LogP contribution in [0.2, 0.25) is 0 Å². The van der Waals surface area contributed by atoms with Crippen LogP contribution in [0.4, 0.5) is 24.7 Å². The van der Waals surface area contributed by atoms with Crippen molar-refractivity contribution in [1.82, 2.24) is 9.88 Å². The second-order valence-electron chi connectivity index (χ2n) is 8.24. The van der Waals surface area contributed by atoms with Gasteiger partial charge in [-0.05, 0) is 55.4 Å². The number of pyridine rings is 1. The number of carbonyl (C=O) groups excluding carboxylic acids is 1. The summed E-state index contributed by atoms with van der Waals surface area (Å²) in [6, 6.07) is 12.4. The summed E-state index contributed by atoms with van der Waals surface area (Å²) < 4.78 is 38.7. The Morgan fingerprint density at radius 1 is 1.06 bits per heavy atom. The van der Waals surface area contributed by atoms with Crippen LogP contribution in [0.1, 0.15) is 16.7 Å². The minimum atomic E-state index is -4.43. The fourth-order valence-corrected chi connectivity index (χ4v) is 3.90. The van der Waals surface area contributed by atoms with Crippen LogP contribution in [-0.4, -0.2) is 49.0 Å². The quantitative estimate of drug-likeness (QED) is 0.647. The third-order valence-electron chi connectivity index (χ3n) is 5.73. The van der Waals surface area contributed by atoms with Crippen LogP contribution in [0, 0.1) is 6.92 Å². The number of aromatic nitrogens is 1. The first kappa shape index (κ1) is 22.1. The zero-order chi connectivity index (χ0) is 22.9. The van der Waals surface area contributed by atoms with Gasteiger partial charge in [-0.25, -0.2) is 4.98 Å². The summed E-state index contributed by atoms with van der Waals surface area (Å²) in [7, 11) is 2.11. The maximum atomic E-state index is 12.9. The lowest BCUT2D eigenvalue weighted by Gasteiger charge is -2.33. The van der Waals surface area contributed by atoms with Gasteiger partial charge in [0.1, 0.15) is 5.82 Å². The van der Waals surface area contributed by atoms with E-state index in [9.17, 15) is 18.0 Å². The molecule has 3 aromatic rings. The monoisotopic (exact) mass is 442 g/mol. The lowest BCUT2D eigenvalue weighted by molar-refractivity contribution is -0.137. The molecule has 1 aliphatic heterocycles. The van der Waals surface area contributed by atoms with E-state index >= 15 is 0 Å². The molecule has 0 saturated carbocycles. The molecule has 32 heavy (non-hydrogen) atoms. The van der Waals surface area contributed by atoms with E-state index in [1.807, 2.05) is 19.1 Å². The number of rotatable bonds is 4. The summed E-state index contributed by atoms with van der Waals surface area (Å²) in [4.78, 5) is 21.8. The maximum absolute atomic E-state index is 12.9. The average Bonchev–Trinajstić information content (AvgIpc) is 2.74. The number of hydrogen-bond donors (Lipinski definition) is 1. The summed E-state index contributed by atoms with van der Waals surface area (Å²) in [5, 5.41) is 3.72. The number of aryl methyl sites for hydroxylation is 1. The van der Waals surface area contributed by atoms with Crippen molar-refractivity contribution in [2.45, 2.75) is 19.5 Å². The summed E-state index contributed by atoms with van der Waals surface area (Å²) >= 11 is 0. The van der Waals surface area contributed by atoms with E-state index in [0.29, 0.717) is 11.3 Å². The van der Waals surface area contributed by atoms with Gasteiger partial charge in [-0.15, -0.1) is 0 Å². The lowest BCUT2D eigenvalue weighted by Crippen LogP contribution is -2.44. The van der Waals surface area contributed by atoms with Crippen molar-refractivity contribution in [3.05, 3.63) is 65.2 Å². The number of anilines is 2. The van der Waals surface area contributed by atoms with Crippen LogP contribution in [0.25, 0.3) is 10.9 Å². The molecule has 2 aromatic carbocycles. The minimum Gasteiger partial charge on any atom is -0.354 e. The molecule has 5 nitrogen and oxygen atoms in total. The highest BCUT2D eigenvalue weighted by molar-refractivity contribution is 5.95. The van der Waals surface area contributed by atoms with Crippen molar-refractivity contribution in [3.63, 3.8) is 0 Å². The Hall–Kier alpha value is -3.13. The number of nitrogens with zero attached hydrogens (tertiary/aromatic N) is 3. The van der Waals surface area contributed by atoms with Gasteiger partial charge in [0.2, 0.25) is 5.91 Å². The standard InChI is InChI=1S/C24H25F3N4O/c1-16-12-22(31-10-8-30(2)9-11-31)29-21-7-6-19(15-20(16)21)28-23(32)14-17-4-3-5-18(13-17)24(25,26)27/h3-7,12-13,15H,8-11,14H2,1-2H3,(H,28,32). The largest absolute Gasteiger partial charge is 0.416 e. The smallest absolute Gasteiger partial charge is 0.354 e. The molecule has 0 aliphatic carbocycles. The molecule has 0 atom stereocenters. The van der Waals surface area contributed by atoms with Gasteiger partial charge in [-0.1, -0.05) is 18.2 Å². The van der Waals surface area contributed by atoms with Crippen LogP contribution in [-0.2, 0) is 17.4 Å². The second-order valence-corrected chi connectivity index (χ2v) is 8.24. The maximum Gasteiger partial charge on any atom is 0.416 e. The number of halogens is 3. The molecular formula is C24H25F3N4O. The van der Waals surface area contributed by atoms with Crippen molar-refractivity contribution in [2.24, 2.45) is 0 Å². The van der Waals surface area contributed by atoms with Crippen LogP contribution in [0.3, 0.4) is 0 Å². The molecule has 1 saturated heterocycles. The van der Waals surface area contributed by atoms with E-state index < -0.39 is 11.7 Å². The van der Waals surface area contributed by atoms with E-state index in [1.165, 1.54) is 12.1 Å². The number of fused-ring (bicyclic) bond motifs is 1. The fraction of sp³-hybridized carbons (Fsp3) is 0.333. The third-order valence-corrected chi connectivity index (χ3v) is 5.73. The number of likely N-dealkylation sites (N-methyl/N-ethyl adjacent to an activating group) is 1. The van der Waals surface area contributed by atoms with Crippen molar-refractivity contribution in [2.75, 3.05) is 43.4 Å². The second kappa shape index (κ2) is 8.78. The summed E-state index contributed by atoms with van der Waals surface area (Å²) in [6.07, 6.45) is -4.57. The summed E-state index contributed by atoms with van der Waals surface area (Å²) in [6.45, 7) is 5.86. The van der Waals surface area contributed by atoms with Gasteiger partial charge in [0.05, 0.1) is 17.5 Å². The minimum absolute atomic E-state index is 0.137. The molecule has 1 aromatic heterocycles. The summed E-state index contributed by atoms with van der Waals surface area (Å²) in [5.74, 6) is 0.577. The normalized spacial score (nSPS) is 15.2. The van der Waals surface area contributed by atoms with Gasteiger partial charge < -0.3 is 15.1 Å². The first-order valence-electron chi connectivity index (χ1n) is 10.5. The molecule has 8 heteroatoms. The number of benzene rings is 2. The van der Waals surface area contributed by atoms with E-state index in [2.05, 4.69) is 28.2 Å². The molecule has 0 radical (unpaired) electrons. The number of carbonyl (C=O) groups is 1. The SMILES string of the molecule is Cc1cc(N2CCN(C)CC2)nc2ccc(NC(=O)Cc3cccc(C(F)(F)F)c3)cc12. The highest BCUT2D eigenvalue weighted by Gasteiger charge is 2.30. The number of alkyl halides is 3. The van der Waals surface area contributed by atoms with Crippen molar-refractivity contribution in [3.8, 4) is 0 Å². The van der Waals surface area contributed by atoms with Crippen LogP contribution >= 0.6 is 0 Å². The van der Waals surface area contributed by atoms with Gasteiger partial charge in [-0.2, -0.15) is 13.2 Å². The van der Waals surface area contributed by atoms with Crippen LogP contribution < -0.4 is 10.2 Å². The van der Waals surface area contributed by atoms with E-state index in [1.54, 1.807) is 6.07 Å². The summed E-state index contributed by atoms with van der Waals surface area (Å²) in [5.41, 5.74) is 2.04. The Morgan fingerprint density at radius 3 is 2.53 bits per heavy atom. The highest BCUT2D eigenvalue weighted by atomic mass is 19.4. The van der Waals surface area contributed by atoms with Gasteiger partial charge in [0.25, 0.3) is 0 Å². The zero-order valence-corrected chi connectivity index (χ0v) is 18.0. The molecule has 1 N–H and O–H groups in total. The Labute approximate surface area is 184 Å². The Morgan fingerprint density at radius 2 is 1.81 bits per heavy atom. The van der Waals surface area contributed by atoms with E-state index in [0.717, 1.165) is 60.6 Å². The molecule has 2 heterocycles. The predicted octanol–water partition coefficient (Wildman–Crippen LogP) is 4.50. The third kappa shape index (κ3) is 5.02. The molecule has 0 spiro atoms. The predicted molar refractivity (Wildman–Crippen MR) is 120 cm³/mol. The zero-order valence-electron chi connectivity index (χ0n) is 18.0. The average molecular weight is 442 g/mol. The molecule has 4 rings (SSSR count). The van der Waals surface area contributed by atoms with Gasteiger partial charge in [0.15, 0.2) is 0 Å². The van der Waals surface area contributed by atoms with Crippen molar-refractivity contribution >= 4 is 28.3 Å². The lowest BCUT2D eigenvalue weighted by atomic mass is 10.1. The number of piperazine rings is 1. The Kier molecular flexibility index (Phi) is 6.06. The Balaban J connectivity index is 1.48. The number of nitrogens with one attached hydrogen (secondary N) is 1. The topological polar surface area (TPSA) is 48.5 Å². The van der Waals surface area contributed by atoms with Crippen LogP contribution in [0.5, 0.6) is 0 Å². The molecule has 0 unspecified atom stereocenters. The van der Waals surface area contributed by atoms with Gasteiger partial charge in [0, 0.05) is 37.3 Å². The van der Waals surface area contributed by atoms with Crippen molar-refractivity contribution < 1.29 is 18.0 Å². The van der Waals surface area contributed by atoms with E-state index in [4.69, 9.17) is 4.98 Å². The molecule has 1 amide bonds. The van der Waals surface area contributed by atoms with Crippen molar-refractivity contribution in [1.29, 1.82) is 0 Å². The first-order chi connectivity index (χ1) is 15.2. The first-order valence-corrected chi connectivity index (χ1v) is 10.5. The van der Waals surface area contributed by atoms with Crippen LogP contribution in [0.15, 0.2) is 48.5 Å². The van der Waals surface area contributed by atoms with Gasteiger partial charge in [-0.3, -0.25) is 4.79 Å². The van der Waals surface area contributed by atoms with Gasteiger partial charge >= 0.3 is 6.18 Å². The highest BCUT2D eigenvalue weighted by Crippen LogP contribution is 2.30. The number of hydrogen-bond acceptors (Lipinski definition) is 4. The molecule has 0 bridgehead atoms. The molecular weight excluding hydrogens is 417 g/mol. The molecule has 1 aliphatic rings. The fourth-order valence-electron chi connectivity index (χ4n) is 3.90. The number of amides is 1. The molecule has 1 fully saturated rings. The Bertz CT molecular complexity index is 1140.